The van der Waals surface area contributed by atoms with Gasteiger partial charge in [0.25, 0.3) is 5.91 Å². The third kappa shape index (κ3) is 3.97. The van der Waals surface area contributed by atoms with E-state index in [4.69, 9.17) is 16.9 Å². The van der Waals surface area contributed by atoms with E-state index in [1.165, 1.54) is 0 Å². The number of nitriles is 1. The molecule has 0 spiro atoms. The van der Waals surface area contributed by atoms with Crippen LogP contribution in [0.1, 0.15) is 21.6 Å². The number of anilines is 3. The van der Waals surface area contributed by atoms with Crippen LogP contribution in [0.15, 0.2) is 54.6 Å². The number of aromatic nitrogens is 2. The minimum Gasteiger partial charge on any atom is -0.338 e. The molecule has 0 fully saturated rings. The van der Waals surface area contributed by atoms with E-state index in [2.05, 4.69) is 20.8 Å². The normalized spacial score (nSPS) is 10.0. The Bertz CT molecular complexity index is 996. The second kappa shape index (κ2) is 7.64. The summed E-state index contributed by atoms with van der Waals surface area (Å²) in [6, 6.07) is 17.4. The minimum atomic E-state index is -0.405. The van der Waals surface area contributed by atoms with E-state index in [0.29, 0.717) is 22.1 Å². The van der Waals surface area contributed by atoms with Gasteiger partial charge in [-0.05, 0) is 55.0 Å². The zero-order chi connectivity index (χ0) is 18.5. The van der Waals surface area contributed by atoms with E-state index in [0.717, 1.165) is 11.3 Å². The fraction of sp³-hybridized carbons (Fsp3) is 0.0526. The molecule has 0 atom stereocenters. The van der Waals surface area contributed by atoms with Gasteiger partial charge in [0.1, 0.15) is 0 Å². The molecule has 1 heterocycles. The fourth-order valence-corrected chi connectivity index (χ4v) is 2.44. The van der Waals surface area contributed by atoms with E-state index in [1.54, 1.807) is 36.4 Å². The highest BCUT2D eigenvalue weighted by atomic mass is 35.5. The standard InChI is InChI=1S/C19H14ClN5O/c1-12-15(20)6-3-7-16(12)23-18-9-8-17(24-25-18)19(26)22-14-5-2-4-13(10-14)11-21/h2-10H,1H3,(H,22,26)(H,23,25). The van der Waals surface area contributed by atoms with Crippen molar-refractivity contribution in [1.82, 2.24) is 10.2 Å². The van der Waals surface area contributed by atoms with Gasteiger partial charge in [0.05, 0.1) is 11.6 Å². The summed E-state index contributed by atoms with van der Waals surface area (Å²) in [7, 11) is 0. The molecular weight excluding hydrogens is 350 g/mol. The van der Waals surface area contributed by atoms with Crippen molar-refractivity contribution in [3.63, 3.8) is 0 Å². The number of halogens is 1. The number of nitrogens with one attached hydrogen (secondary N) is 2. The van der Waals surface area contributed by atoms with Gasteiger partial charge in [-0.1, -0.05) is 23.7 Å². The molecule has 0 radical (unpaired) electrons. The zero-order valence-corrected chi connectivity index (χ0v) is 14.6. The highest BCUT2D eigenvalue weighted by Gasteiger charge is 2.10. The van der Waals surface area contributed by atoms with Crippen LogP contribution >= 0.6 is 11.6 Å². The average Bonchev–Trinajstić information content (AvgIpc) is 2.66. The molecule has 6 nitrogen and oxygen atoms in total. The zero-order valence-electron chi connectivity index (χ0n) is 13.8. The maximum absolute atomic E-state index is 12.2. The number of carbonyl (C=O) groups excluding carboxylic acids is 1. The summed E-state index contributed by atoms with van der Waals surface area (Å²) in [5, 5.41) is 23.3. The fourth-order valence-electron chi connectivity index (χ4n) is 2.26. The maximum atomic E-state index is 12.2. The number of nitrogens with zero attached hydrogens (tertiary/aromatic N) is 3. The molecule has 0 aliphatic heterocycles. The predicted molar refractivity (Wildman–Crippen MR) is 101 cm³/mol. The van der Waals surface area contributed by atoms with Crippen molar-refractivity contribution in [2.45, 2.75) is 6.92 Å². The Morgan fingerprint density at radius 3 is 2.65 bits per heavy atom. The van der Waals surface area contributed by atoms with Crippen molar-refractivity contribution in [1.29, 1.82) is 5.26 Å². The first-order valence-electron chi connectivity index (χ1n) is 7.74. The monoisotopic (exact) mass is 363 g/mol. The second-order valence-electron chi connectivity index (χ2n) is 5.49. The van der Waals surface area contributed by atoms with Crippen LogP contribution in [0, 0.1) is 18.3 Å². The van der Waals surface area contributed by atoms with Gasteiger partial charge in [-0.3, -0.25) is 4.79 Å². The molecule has 128 valence electrons. The lowest BCUT2D eigenvalue weighted by molar-refractivity contribution is 0.102. The van der Waals surface area contributed by atoms with Crippen molar-refractivity contribution in [2.24, 2.45) is 0 Å². The highest BCUT2D eigenvalue weighted by molar-refractivity contribution is 6.31. The molecule has 3 rings (SSSR count). The van der Waals surface area contributed by atoms with Crippen molar-refractivity contribution >= 4 is 34.7 Å². The van der Waals surface area contributed by atoms with Crippen LogP contribution in [-0.2, 0) is 0 Å². The van der Waals surface area contributed by atoms with Crippen molar-refractivity contribution in [2.75, 3.05) is 10.6 Å². The summed E-state index contributed by atoms with van der Waals surface area (Å²) in [5.41, 5.74) is 2.87. The molecule has 2 aromatic carbocycles. The molecule has 7 heteroatoms. The lowest BCUT2D eigenvalue weighted by Crippen LogP contribution is -2.14. The topological polar surface area (TPSA) is 90.7 Å². The van der Waals surface area contributed by atoms with Crippen LogP contribution in [-0.4, -0.2) is 16.1 Å². The lowest BCUT2D eigenvalue weighted by Gasteiger charge is -2.10. The van der Waals surface area contributed by atoms with E-state index < -0.39 is 5.91 Å². The van der Waals surface area contributed by atoms with Crippen molar-refractivity contribution < 1.29 is 4.79 Å². The lowest BCUT2D eigenvalue weighted by atomic mass is 10.2. The molecule has 0 unspecified atom stereocenters. The van der Waals surface area contributed by atoms with E-state index >= 15 is 0 Å². The Hall–Kier alpha value is -3.43. The molecule has 2 N–H and O–H groups in total. The number of benzene rings is 2. The Labute approximate surface area is 155 Å². The van der Waals surface area contributed by atoms with E-state index in [1.807, 2.05) is 31.2 Å². The summed E-state index contributed by atoms with van der Waals surface area (Å²) < 4.78 is 0. The molecule has 0 saturated carbocycles. The summed E-state index contributed by atoms with van der Waals surface area (Å²) in [6.45, 7) is 1.90. The Balaban J connectivity index is 1.71. The third-order valence-corrected chi connectivity index (χ3v) is 4.09. The van der Waals surface area contributed by atoms with Crippen LogP contribution in [0.25, 0.3) is 0 Å². The maximum Gasteiger partial charge on any atom is 0.276 e. The van der Waals surface area contributed by atoms with Crippen LogP contribution in [0.3, 0.4) is 0 Å². The average molecular weight is 364 g/mol. The van der Waals surface area contributed by atoms with Crippen molar-refractivity contribution in [3.8, 4) is 6.07 Å². The molecule has 0 aliphatic rings. The van der Waals surface area contributed by atoms with Crippen LogP contribution in [0.2, 0.25) is 5.02 Å². The molecule has 1 aromatic heterocycles. The number of rotatable bonds is 4. The number of amides is 1. The summed E-state index contributed by atoms with van der Waals surface area (Å²) in [6.07, 6.45) is 0. The first-order valence-corrected chi connectivity index (χ1v) is 8.12. The molecule has 0 saturated heterocycles. The first kappa shape index (κ1) is 17.4. The van der Waals surface area contributed by atoms with Gasteiger partial charge in [0.2, 0.25) is 0 Å². The number of carbonyl (C=O) groups is 1. The Kier molecular flexibility index (Phi) is 5.11. The molecule has 0 aliphatic carbocycles. The van der Waals surface area contributed by atoms with Gasteiger partial charge < -0.3 is 10.6 Å². The smallest absolute Gasteiger partial charge is 0.276 e. The van der Waals surface area contributed by atoms with Gasteiger partial charge in [0, 0.05) is 16.4 Å². The molecule has 3 aromatic rings. The molecule has 0 bridgehead atoms. The van der Waals surface area contributed by atoms with Crippen LogP contribution in [0.5, 0.6) is 0 Å². The minimum absolute atomic E-state index is 0.167. The molecule has 26 heavy (non-hydrogen) atoms. The summed E-state index contributed by atoms with van der Waals surface area (Å²) >= 11 is 6.10. The van der Waals surface area contributed by atoms with E-state index in [-0.39, 0.29) is 5.69 Å². The van der Waals surface area contributed by atoms with Gasteiger partial charge in [-0.2, -0.15) is 5.26 Å². The summed E-state index contributed by atoms with van der Waals surface area (Å²) in [5.74, 6) is 0.0940. The molecule has 1 amide bonds. The van der Waals surface area contributed by atoms with E-state index in [9.17, 15) is 4.79 Å². The molecular formula is C19H14ClN5O. The third-order valence-electron chi connectivity index (χ3n) is 3.68. The van der Waals surface area contributed by atoms with Crippen LogP contribution in [0.4, 0.5) is 17.2 Å². The van der Waals surface area contributed by atoms with Crippen LogP contribution < -0.4 is 10.6 Å². The quantitative estimate of drug-likeness (QED) is 0.720. The predicted octanol–water partition coefficient (Wildman–Crippen LogP) is 4.31. The highest BCUT2D eigenvalue weighted by Crippen LogP contribution is 2.25. The Morgan fingerprint density at radius 1 is 1.12 bits per heavy atom. The largest absolute Gasteiger partial charge is 0.338 e. The Morgan fingerprint density at radius 2 is 1.92 bits per heavy atom. The number of hydrogen-bond donors (Lipinski definition) is 2. The van der Waals surface area contributed by atoms with Gasteiger partial charge in [-0.15, -0.1) is 10.2 Å². The SMILES string of the molecule is Cc1c(Cl)cccc1Nc1ccc(C(=O)Nc2cccc(C#N)c2)nn1. The van der Waals surface area contributed by atoms with Gasteiger partial charge >= 0.3 is 0 Å². The number of hydrogen-bond acceptors (Lipinski definition) is 5. The van der Waals surface area contributed by atoms with Gasteiger partial charge in [-0.25, -0.2) is 0 Å². The summed E-state index contributed by atoms with van der Waals surface area (Å²) in [4.78, 5) is 12.2. The van der Waals surface area contributed by atoms with Gasteiger partial charge in [0.15, 0.2) is 11.5 Å². The second-order valence-corrected chi connectivity index (χ2v) is 5.90. The first-order chi connectivity index (χ1) is 12.6. The van der Waals surface area contributed by atoms with Crippen molar-refractivity contribution in [3.05, 3.63) is 76.4 Å².